The third kappa shape index (κ3) is 3.81. The predicted molar refractivity (Wildman–Crippen MR) is 87.0 cm³/mol. The van der Waals surface area contributed by atoms with Crippen molar-refractivity contribution in [3.05, 3.63) is 47.7 Å². The second-order valence-electron chi connectivity index (χ2n) is 4.90. The summed E-state index contributed by atoms with van der Waals surface area (Å²) in [4.78, 5) is 15.2. The lowest BCUT2D eigenvalue weighted by Gasteiger charge is -2.15. The summed E-state index contributed by atoms with van der Waals surface area (Å²) in [6.45, 7) is 5.77. The lowest BCUT2D eigenvalue weighted by molar-refractivity contribution is -0.114. The van der Waals surface area contributed by atoms with Crippen molar-refractivity contribution in [1.82, 2.24) is 4.98 Å². The Bertz CT molecular complexity index is 598. The smallest absolute Gasteiger partial charge is 0.222 e. The fraction of sp³-hybridized carbons (Fsp3) is 0.294. The fourth-order valence-electron chi connectivity index (χ4n) is 2.27. The predicted octanol–water partition coefficient (Wildman–Crippen LogP) is 3.91. The van der Waals surface area contributed by atoms with E-state index in [1.165, 1.54) is 18.1 Å². The number of aromatic nitrogens is 1. The highest BCUT2D eigenvalue weighted by Gasteiger charge is 2.07. The molecule has 4 nitrogen and oxygen atoms in total. The van der Waals surface area contributed by atoms with Crippen LogP contribution in [0.4, 0.5) is 17.2 Å². The molecular formula is C17H21N3O. The zero-order valence-electron chi connectivity index (χ0n) is 12.7. The van der Waals surface area contributed by atoms with Crippen LogP contribution in [0, 0.1) is 0 Å². The maximum absolute atomic E-state index is 11.0. The Hall–Kier alpha value is -2.36. The minimum atomic E-state index is -0.118. The Balaban J connectivity index is 2.23. The number of benzene rings is 1. The van der Waals surface area contributed by atoms with E-state index in [4.69, 9.17) is 0 Å². The van der Waals surface area contributed by atoms with Crippen molar-refractivity contribution in [2.75, 3.05) is 10.6 Å². The molecule has 1 heterocycles. The summed E-state index contributed by atoms with van der Waals surface area (Å²) in [6, 6.07) is 10.1. The number of aryl methyl sites for hydroxylation is 2. The van der Waals surface area contributed by atoms with E-state index >= 15 is 0 Å². The van der Waals surface area contributed by atoms with Crippen molar-refractivity contribution in [2.24, 2.45) is 0 Å². The standard InChI is InChI=1S/C17H21N3O/c1-4-13-7-6-8-14(5-2)17(13)20-15-9-10-16(18-11-15)19-12(3)21/h6-11,20H,4-5H2,1-3H3,(H,18,19,21). The minimum absolute atomic E-state index is 0.118. The highest BCUT2D eigenvalue weighted by Crippen LogP contribution is 2.26. The van der Waals surface area contributed by atoms with Gasteiger partial charge in [0.05, 0.1) is 11.9 Å². The van der Waals surface area contributed by atoms with Crippen LogP contribution in [0.15, 0.2) is 36.5 Å². The number of carbonyl (C=O) groups excluding carboxylic acids is 1. The molecule has 0 radical (unpaired) electrons. The molecule has 0 atom stereocenters. The van der Waals surface area contributed by atoms with Gasteiger partial charge in [0.1, 0.15) is 5.82 Å². The van der Waals surface area contributed by atoms with Gasteiger partial charge in [-0.15, -0.1) is 0 Å². The molecule has 1 amide bonds. The van der Waals surface area contributed by atoms with Crippen LogP contribution in [0.1, 0.15) is 31.9 Å². The number of para-hydroxylation sites is 1. The van der Waals surface area contributed by atoms with Crippen molar-refractivity contribution in [3.8, 4) is 0 Å². The largest absolute Gasteiger partial charge is 0.354 e. The summed E-state index contributed by atoms with van der Waals surface area (Å²) in [6.07, 6.45) is 3.69. The number of rotatable bonds is 5. The van der Waals surface area contributed by atoms with E-state index in [-0.39, 0.29) is 5.91 Å². The molecule has 0 saturated carbocycles. The second-order valence-corrected chi connectivity index (χ2v) is 4.90. The van der Waals surface area contributed by atoms with Gasteiger partial charge in [0.15, 0.2) is 0 Å². The highest BCUT2D eigenvalue weighted by atomic mass is 16.1. The van der Waals surface area contributed by atoms with E-state index in [2.05, 4.69) is 47.7 Å². The van der Waals surface area contributed by atoms with Gasteiger partial charge in [0.25, 0.3) is 0 Å². The molecule has 0 aliphatic carbocycles. The first-order valence-corrected chi connectivity index (χ1v) is 7.25. The number of amides is 1. The molecule has 2 aromatic rings. The van der Waals surface area contributed by atoms with Crippen molar-refractivity contribution in [2.45, 2.75) is 33.6 Å². The van der Waals surface area contributed by atoms with Crippen molar-refractivity contribution in [1.29, 1.82) is 0 Å². The van der Waals surface area contributed by atoms with Crippen LogP contribution in [-0.4, -0.2) is 10.9 Å². The Morgan fingerprint density at radius 3 is 2.24 bits per heavy atom. The molecule has 0 fully saturated rings. The molecule has 1 aromatic carbocycles. The first-order chi connectivity index (χ1) is 10.1. The van der Waals surface area contributed by atoms with Gasteiger partial charge in [-0.3, -0.25) is 4.79 Å². The van der Waals surface area contributed by atoms with Gasteiger partial charge >= 0.3 is 0 Å². The third-order valence-corrected chi connectivity index (χ3v) is 3.34. The van der Waals surface area contributed by atoms with E-state index in [0.29, 0.717) is 5.82 Å². The third-order valence-electron chi connectivity index (χ3n) is 3.34. The number of carbonyl (C=O) groups is 1. The summed E-state index contributed by atoms with van der Waals surface area (Å²) >= 11 is 0. The summed E-state index contributed by atoms with van der Waals surface area (Å²) in [7, 11) is 0. The van der Waals surface area contributed by atoms with Gasteiger partial charge in [0.2, 0.25) is 5.91 Å². The van der Waals surface area contributed by atoms with Crippen LogP contribution >= 0.6 is 0 Å². The molecule has 0 spiro atoms. The maximum atomic E-state index is 11.0. The average Bonchev–Trinajstić information content (AvgIpc) is 2.49. The molecule has 0 aliphatic heterocycles. The van der Waals surface area contributed by atoms with Crippen LogP contribution in [0.2, 0.25) is 0 Å². The lowest BCUT2D eigenvalue weighted by atomic mass is 10.0. The van der Waals surface area contributed by atoms with Crippen LogP contribution < -0.4 is 10.6 Å². The molecule has 2 N–H and O–H groups in total. The van der Waals surface area contributed by atoms with Crippen LogP contribution in [0.3, 0.4) is 0 Å². The number of hydrogen-bond acceptors (Lipinski definition) is 3. The SMILES string of the molecule is CCc1cccc(CC)c1Nc1ccc(NC(C)=O)nc1. The first-order valence-electron chi connectivity index (χ1n) is 7.25. The Kier molecular flexibility index (Phi) is 4.93. The zero-order chi connectivity index (χ0) is 15.2. The molecular weight excluding hydrogens is 262 g/mol. The highest BCUT2D eigenvalue weighted by molar-refractivity contribution is 5.87. The van der Waals surface area contributed by atoms with Gasteiger partial charge < -0.3 is 10.6 Å². The number of nitrogens with one attached hydrogen (secondary N) is 2. The second kappa shape index (κ2) is 6.88. The number of pyridine rings is 1. The van der Waals surface area contributed by atoms with Gasteiger partial charge in [-0.2, -0.15) is 0 Å². The molecule has 2 rings (SSSR count). The topological polar surface area (TPSA) is 54.0 Å². The van der Waals surface area contributed by atoms with E-state index in [1.807, 2.05) is 6.07 Å². The van der Waals surface area contributed by atoms with E-state index < -0.39 is 0 Å². The number of hydrogen-bond donors (Lipinski definition) is 2. The molecule has 1 aromatic heterocycles. The van der Waals surface area contributed by atoms with E-state index in [0.717, 1.165) is 24.2 Å². The summed E-state index contributed by atoms with van der Waals surface area (Å²) in [5.74, 6) is 0.445. The Labute approximate surface area is 125 Å². The van der Waals surface area contributed by atoms with Gasteiger partial charge in [-0.1, -0.05) is 32.0 Å². The van der Waals surface area contributed by atoms with Gasteiger partial charge in [-0.05, 0) is 36.1 Å². The monoisotopic (exact) mass is 283 g/mol. The zero-order valence-corrected chi connectivity index (χ0v) is 12.7. The Morgan fingerprint density at radius 1 is 1.10 bits per heavy atom. The summed E-state index contributed by atoms with van der Waals surface area (Å²) < 4.78 is 0. The lowest BCUT2D eigenvalue weighted by Crippen LogP contribution is -2.07. The minimum Gasteiger partial charge on any atom is -0.354 e. The van der Waals surface area contributed by atoms with E-state index in [9.17, 15) is 4.79 Å². The molecule has 21 heavy (non-hydrogen) atoms. The quantitative estimate of drug-likeness (QED) is 0.874. The molecule has 110 valence electrons. The van der Waals surface area contributed by atoms with Crippen molar-refractivity contribution in [3.63, 3.8) is 0 Å². The fourth-order valence-corrected chi connectivity index (χ4v) is 2.27. The molecule has 4 heteroatoms. The van der Waals surface area contributed by atoms with Crippen LogP contribution in [0.5, 0.6) is 0 Å². The molecule has 0 unspecified atom stereocenters. The summed E-state index contributed by atoms with van der Waals surface area (Å²) in [5.41, 5.74) is 4.66. The average molecular weight is 283 g/mol. The number of anilines is 3. The molecule has 0 aliphatic rings. The number of nitrogens with zero attached hydrogens (tertiary/aromatic N) is 1. The molecule has 0 saturated heterocycles. The van der Waals surface area contributed by atoms with Crippen LogP contribution in [-0.2, 0) is 17.6 Å². The van der Waals surface area contributed by atoms with Crippen molar-refractivity contribution >= 4 is 23.1 Å². The molecule has 0 bridgehead atoms. The van der Waals surface area contributed by atoms with E-state index in [1.54, 1.807) is 12.3 Å². The normalized spacial score (nSPS) is 10.2. The maximum Gasteiger partial charge on any atom is 0.222 e. The van der Waals surface area contributed by atoms with Gasteiger partial charge in [0, 0.05) is 12.6 Å². The first kappa shape index (κ1) is 15.0. The summed E-state index contributed by atoms with van der Waals surface area (Å²) in [5, 5.41) is 6.11. The Morgan fingerprint density at radius 2 is 1.76 bits per heavy atom. The van der Waals surface area contributed by atoms with Crippen LogP contribution in [0.25, 0.3) is 0 Å². The van der Waals surface area contributed by atoms with Gasteiger partial charge in [-0.25, -0.2) is 4.98 Å². The van der Waals surface area contributed by atoms with Crippen molar-refractivity contribution < 1.29 is 4.79 Å².